The maximum absolute atomic E-state index is 13.2. The number of nitrogens with zero attached hydrogens (tertiary/aromatic N) is 3. The molecule has 0 aliphatic carbocycles. The summed E-state index contributed by atoms with van der Waals surface area (Å²) in [6.07, 6.45) is -3.49. The predicted molar refractivity (Wildman–Crippen MR) is 143 cm³/mol. The Morgan fingerprint density at radius 3 is 2.25 bits per heavy atom. The van der Waals surface area contributed by atoms with Crippen LogP contribution in [0.1, 0.15) is 17.5 Å². The van der Waals surface area contributed by atoms with Crippen LogP contribution in [-0.2, 0) is 22.3 Å². The number of urea groups is 1. The third kappa shape index (κ3) is 8.36. The van der Waals surface area contributed by atoms with E-state index in [0.29, 0.717) is 16.8 Å². The quantitative estimate of drug-likeness (QED) is 0.235. The van der Waals surface area contributed by atoms with Crippen LogP contribution >= 0.6 is 0 Å². The summed E-state index contributed by atoms with van der Waals surface area (Å²) < 4.78 is 39.0. The van der Waals surface area contributed by atoms with E-state index in [9.17, 15) is 27.6 Å². The smallest absolute Gasteiger partial charge is 0.340 e. The average Bonchev–Trinajstić information content (AvgIpc) is 2.92. The number of aromatic nitrogens is 1. The normalized spacial score (nSPS) is 12.1. The van der Waals surface area contributed by atoms with Gasteiger partial charge in [0.2, 0.25) is 5.91 Å². The van der Waals surface area contributed by atoms with Gasteiger partial charge in [-0.1, -0.05) is 30.3 Å². The second-order valence-corrected chi connectivity index (χ2v) is 8.87. The van der Waals surface area contributed by atoms with E-state index >= 15 is 0 Å². The Morgan fingerprint density at radius 2 is 1.62 bits per heavy atom. The molecule has 8 N–H and O–H groups in total. The molecule has 0 bridgehead atoms. The molecule has 3 rings (SSSR count). The predicted octanol–water partition coefficient (Wildman–Crippen LogP) is 1.78. The van der Waals surface area contributed by atoms with Crippen molar-refractivity contribution in [3.05, 3.63) is 71.9 Å². The van der Waals surface area contributed by atoms with Crippen LogP contribution in [0.4, 0.5) is 23.7 Å². The Bertz CT molecular complexity index is 1310. The molecule has 0 radical (unpaired) electrons. The van der Waals surface area contributed by atoms with Gasteiger partial charge in [-0.15, -0.1) is 0 Å². The summed E-state index contributed by atoms with van der Waals surface area (Å²) in [5.74, 6) is -1.30. The third-order valence-electron chi connectivity index (χ3n) is 5.84. The minimum absolute atomic E-state index is 0.192. The average molecular weight is 561 g/mol. The molecule has 1 aromatic heterocycles. The fourth-order valence-electron chi connectivity index (χ4n) is 3.77. The van der Waals surface area contributed by atoms with Crippen molar-refractivity contribution in [1.82, 2.24) is 20.3 Å². The first-order valence-corrected chi connectivity index (χ1v) is 12.3. The number of para-hydroxylation sites is 1. The number of hydrogen-bond acceptors (Lipinski definition) is 7. The number of carbonyl (C=O) groups excluding carboxylic acids is 3. The first-order chi connectivity index (χ1) is 19.0. The first-order valence-electron chi connectivity index (χ1n) is 12.3. The van der Waals surface area contributed by atoms with Crippen molar-refractivity contribution < 1.29 is 27.6 Å². The van der Waals surface area contributed by atoms with Gasteiger partial charge in [0.05, 0.1) is 42.0 Å². The lowest BCUT2D eigenvalue weighted by atomic mass is 10.1. The second kappa shape index (κ2) is 13.7. The zero-order chi connectivity index (χ0) is 29.3. The summed E-state index contributed by atoms with van der Waals surface area (Å²) in [7, 11) is 0. The number of pyridine rings is 1. The van der Waals surface area contributed by atoms with Crippen LogP contribution in [-0.4, -0.2) is 65.0 Å². The SMILES string of the molecule is NCCN(CCN)C(=O)C[C@H](N)C(=O)NN(Cc1ccc(C(F)(F)F)cc1)C(=O)Nc1cnc2ccccc2c1. The monoisotopic (exact) mass is 560 g/mol. The van der Waals surface area contributed by atoms with Gasteiger partial charge < -0.3 is 27.4 Å². The van der Waals surface area contributed by atoms with E-state index < -0.39 is 35.6 Å². The number of fused-ring (bicyclic) bond motifs is 1. The van der Waals surface area contributed by atoms with Crippen molar-refractivity contribution in [2.75, 3.05) is 31.5 Å². The number of hydrogen-bond donors (Lipinski definition) is 5. The molecule has 0 saturated carbocycles. The van der Waals surface area contributed by atoms with Gasteiger partial charge in [-0.25, -0.2) is 9.80 Å². The van der Waals surface area contributed by atoms with Gasteiger partial charge in [-0.2, -0.15) is 13.2 Å². The van der Waals surface area contributed by atoms with Crippen molar-refractivity contribution in [1.29, 1.82) is 0 Å². The zero-order valence-corrected chi connectivity index (χ0v) is 21.5. The summed E-state index contributed by atoms with van der Waals surface area (Å²) in [4.78, 5) is 44.3. The molecule has 0 aliphatic rings. The Balaban J connectivity index is 1.77. The van der Waals surface area contributed by atoms with Crippen molar-refractivity contribution in [3.63, 3.8) is 0 Å². The topological polar surface area (TPSA) is 173 Å². The van der Waals surface area contributed by atoms with Gasteiger partial charge in [0, 0.05) is 31.6 Å². The summed E-state index contributed by atoms with van der Waals surface area (Å²) in [5, 5.41) is 4.22. The van der Waals surface area contributed by atoms with Crippen LogP contribution in [0.15, 0.2) is 60.8 Å². The minimum atomic E-state index is -4.53. The minimum Gasteiger partial charge on any atom is -0.340 e. The van der Waals surface area contributed by atoms with Crippen molar-refractivity contribution in [3.8, 4) is 0 Å². The van der Waals surface area contributed by atoms with E-state index in [1.54, 1.807) is 24.3 Å². The molecular weight excluding hydrogens is 529 g/mol. The summed E-state index contributed by atoms with van der Waals surface area (Å²) in [5.41, 5.74) is 19.8. The lowest BCUT2D eigenvalue weighted by molar-refractivity contribution is -0.137. The van der Waals surface area contributed by atoms with Gasteiger partial charge in [-0.05, 0) is 29.8 Å². The summed E-state index contributed by atoms with van der Waals surface area (Å²) in [6.45, 7) is 0.541. The molecule has 0 fully saturated rings. The number of rotatable bonds is 10. The van der Waals surface area contributed by atoms with Gasteiger partial charge in [-0.3, -0.25) is 20.0 Å². The van der Waals surface area contributed by atoms with E-state index in [4.69, 9.17) is 17.2 Å². The van der Waals surface area contributed by atoms with Crippen LogP contribution in [0, 0.1) is 0 Å². The largest absolute Gasteiger partial charge is 0.416 e. The van der Waals surface area contributed by atoms with E-state index in [-0.39, 0.29) is 39.1 Å². The van der Waals surface area contributed by atoms with E-state index in [2.05, 4.69) is 15.7 Å². The van der Waals surface area contributed by atoms with Crippen LogP contribution in [0.2, 0.25) is 0 Å². The van der Waals surface area contributed by atoms with Crippen LogP contribution < -0.4 is 27.9 Å². The molecular formula is C26H31F3N8O3. The number of halogens is 3. The fourth-order valence-corrected chi connectivity index (χ4v) is 3.77. The lowest BCUT2D eigenvalue weighted by Crippen LogP contribution is -2.54. The van der Waals surface area contributed by atoms with Crippen molar-refractivity contribution in [2.24, 2.45) is 17.2 Å². The number of amides is 4. The Labute approximate surface area is 228 Å². The number of nitrogens with two attached hydrogens (primary N) is 3. The molecule has 1 heterocycles. The molecule has 14 heteroatoms. The maximum atomic E-state index is 13.2. The molecule has 1 atom stereocenters. The molecule has 2 aromatic carbocycles. The fraction of sp³-hybridized carbons (Fsp3) is 0.308. The maximum Gasteiger partial charge on any atom is 0.416 e. The number of alkyl halides is 3. The van der Waals surface area contributed by atoms with Crippen molar-refractivity contribution in [2.45, 2.75) is 25.2 Å². The highest BCUT2D eigenvalue weighted by molar-refractivity contribution is 5.94. The van der Waals surface area contributed by atoms with Gasteiger partial charge in [0.15, 0.2) is 0 Å². The number of hydrazine groups is 1. The Morgan fingerprint density at radius 1 is 0.975 bits per heavy atom. The number of nitrogens with one attached hydrogen (secondary N) is 2. The molecule has 0 unspecified atom stereocenters. The third-order valence-corrected chi connectivity index (χ3v) is 5.84. The molecule has 0 aliphatic heterocycles. The Hall–Kier alpha value is -4.27. The number of anilines is 1. The van der Waals surface area contributed by atoms with Crippen molar-refractivity contribution >= 4 is 34.4 Å². The Kier molecular flexibility index (Phi) is 10.4. The molecule has 0 spiro atoms. The van der Waals surface area contributed by atoms with Crippen LogP contribution in [0.25, 0.3) is 10.9 Å². The van der Waals surface area contributed by atoms with E-state index in [1.165, 1.54) is 23.2 Å². The highest BCUT2D eigenvalue weighted by Gasteiger charge is 2.30. The van der Waals surface area contributed by atoms with E-state index in [0.717, 1.165) is 22.5 Å². The molecule has 214 valence electrons. The van der Waals surface area contributed by atoms with Gasteiger partial charge >= 0.3 is 12.2 Å². The molecule has 0 saturated heterocycles. The molecule has 3 aromatic rings. The van der Waals surface area contributed by atoms with Crippen LogP contribution in [0.5, 0.6) is 0 Å². The molecule has 11 nitrogen and oxygen atoms in total. The molecule has 40 heavy (non-hydrogen) atoms. The number of carbonyl (C=O) groups is 3. The lowest BCUT2D eigenvalue weighted by Gasteiger charge is -2.26. The highest BCUT2D eigenvalue weighted by atomic mass is 19.4. The van der Waals surface area contributed by atoms with Gasteiger partial charge in [0.1, 0.15) is 0 Å². The van der Waals surface area contributed by atoms with Crippen LogP contribution in [0.3, 0.4) is 0 Å². The number of benzene rings is 2. The second-order valence-electron chi connectivity index (χ2n) is 8.87. The highest BCUT2D eigenvalue weighted by Crippen LogP contribution is 2.29. The summed E-state index contributed by atoms with van der Waals surface area (Å²) >= 11 is 0. The molecule has 4 amide bonds. The first kappa shape index (κ1) is 30.3. The standard InChI is InChI=1S/C26H31F3N8O3/c27-26(28,29)19-7-5-17(6-8-19)16-37(25(40)34-20-13-18-3-1-2-4-22(18)33-15-20)35-24(39)21(32)14-23(38)36(11-9-30)12-10-31/h1-8,13,15,21H,9-12,14,16,30-32H2,(H,34,40)(H,35,39)/t21-/m0/s1. The van der Waals surface area contributed by atoms with E-state index in [1.807, 2.05) is 6.07 Å². The zero-order valence-electron chi connectivity index (χ0n) is 21.5. The summed E-state index contributed by atoms with van der Waals surface area (Å²) in [6, 6.07) is 10.9. The van der Waals surface area contributed by atoms with Gasteiger partial charge in [0.25, 0.3) is 5.91 Å².